The van der Waals surface area contributed by atoms with Crippen LogP contribution in [0.1, 0.15) is 11.1 Å². The van der Waals surface area contributed by atoms with E-state index in [2.05, 4.69) is 11.8 Å². The maximum absolute atomic E-state index is 5.89. The van der Waals surface area contributed by atoms with Crippen LogP contribution in [-0.2, 0) is 0 Å². The molecule has 21 heavy (non-hydrogen) atoms. The number of nitrogen functional groups attached to an aromatic ring is 1. The van der Waals surface area contributed by atoms with Gasteiger partial charge < -0.3 is 19.9 Å². The van der Waals surface area contributed by atoms with Crippen LogP contribution in [0.15, 0.2) is 36.4 Å². The highest BCUT2D eigenvalue weighted by atomic mass is 16.5. The third-order valence-corrected chi connectivity index (χ3v) is 3.00. The van der Waals surface area contributed by atoms with Crippen LogP contribution in [-0.4, -0.2) is 21.3 Å². The van der Waals surface area contributed by atoms with Gasteiger partial charge in [0.25, 0.3) is 0 Å². The molecular formula is C17H17NO3. The Hall–Kier alpha value is -2.80. The molecule has 2 aromatic rings. The summed E-state index contributed by atoms with van der Waals surface area (Å²) in [4.78, 5) is 0. The van der Waals surface area contributed by atoms with Crippen molar-refractivity contribution in [2.45, 2.75) is 0 Å². The average molecular weight is 283 g/mol. The molecule has 0 aliphatic carbocycles. The van der Waals surface area contributed by atoms with E-state index in [0.29, 0.717) is 28.5 Å². The average Bonchev–Trinajstić information content (AvgIpc) is 2.53. The van der Waals surface area contributed by atoms with Crippen LogP contribution in [0.2, 0.25) is 0 Å². The smallest absolute Gasteiger partial charge is 0.141 e. The van der Waals surface area contributed by atoms with Gasteiger partial charge in [-0.25, -0.2) is 0 Å². The summed E-state index contributed by atoms with van der Waals surface area (Å²) < 4.78 is 15.9. The largest absolute Gasteiger partial charge is 0.496 e. The minimum atomic E-state index is 0.591. The number of benzene rings is 2. The van der Waals surface area contributed by atoms with Gasteiger partial charge in [-0.15, -0.1) is 0 Å². The van der Waals surface area contributed by atoms with E-state index in [0.717, 1.165) is 5.56 Å². The first kappa shape index (κ1) is 14.6. The van der Waals surface area contributed by atoms with Gasteiger partial charge in [0.15, 0.2) is 0 Å². The topological polar surface area (TPSA) is 53.7 Å². The van der Waals surface area contributed by atoms with E-state index in [4.69, 9.17) is 19.9 Å². The van der Waals surface area contributed by atoms with E-state index in [1.54, 1.807) is 33.5 Å². The molecule has 4 nitrogen and oxygen atoms in total. The quantitative estimate of drug-likeness (QED) is 0.695. The maximum Gasteiger partial charge on any atom is 0.141 e. The van der Waals surface area contributed by atoms with Crippen LogP contribution >= 0.6 is 0 Å². The number of hydrogen-bond acceptors (Lipinski definition) is 4. The van der Waals surface area contributed by atoms with Crippen molar-refractivity contribution in [3.8, 4) is 29.1 Å². The third-order valence-electron chi connectivity index (χ3n) is 3.00. The van der Waals surface area contributed by atoms with Crippen LogP contribution in [0, 0.1) is 11.8 Å². The highest BCUT2D eigenvalue weighted by Crippen LogP contribution is 2.33. The van der Waals surface area contributed by atoms with Gasteiger partial charge in [-0.3, -0.25) is 0 Å². The minimum Gasteiger partial charge on any atom is -0.496 e. The van der Waals surface area contributed by atoms with E-state index < -0.39 is 0 Å². The molecular weight excluding hydrogens is 266 g/mol. The van der Waals surface area contributed by atoms with Crippen LogP contribution in [0.25, 0.3) is 0 Å². The zero-order valence-corrected chi connectivity index (χ0v) is 12.3. The van der Waals surface area contributed by atoms with E-state index in [9.17, 15) is 0 Å². The van der Waals surface area contributed by atoms with Crippen molar-refractivity contribution in [1.82, 2.24) is 0 Å². The molecule has 0 atom stereocenters. The van der Waals surface area contributed by atoms with E-state index in [1.165, 1.54) is 0 Å². The Kier molecular flexibility index (Phi) is 4.57. The lowest BCUT2D eigenvalue weighted by atomic mass is 10.1. The lowest BCUT2D eigenvalue weighted by Gasteiger charge is -2.11. The third kappa shape index (κ3) is 3.21. The fourth-order valence-corrected chi connectivity index (χ4v) is 1.87. The molecule has 108 valence electrons. The Bertz CT molecular complexity index is 674. The Balaban J connectivity index is 2.52. The van der Waals surface area contributed by atoms with E-state index in [1.807, 2.05) is 24.3 Å². The van der Waals surface area contributed by atoms with Gasteiger partial charge in [0.2, 0.25) is 0 Å². The second-order valence-electron chi connectivity index (χ2n) is 4.24. The molecule has 0 saturated carbocycles. The zero-order valence-electron chi connectivity index (χ0n) is 12.3. The summed E-state index contributed by atoms with van der Waals surface area (Å²) in [5.41, 5.74) is 7.94. The summed E-state index contributed by atoms with van der Waals surface area (Å²) >= 11 is 0. The number of ether oxygens (including phenoxy) is 3. The second kappa shape index (κ2) is 6.58. The molecule has 0 radical (unpaired) electrons. The Morgan fingerprint density at radius 3 is 2.00 bits per heavy atom. The molecule has 2 rings (SSSR count). The fourth-order valence-electron chi connectivity index (χ4n) is 1.87. The van der Waals surface area contributed by atoms with Gasteiger partial charge in [-0.1, -0.05) is 24.0 Å². The lowest BCUT2D eigenvalue weighted by molar-refractivity contribution is 0.374. The Morgan fingerprint density at radius 2 is 1.48 bits per heavy atom. The standard InChI is InChI=1S/C17H17NO3/c1-19-13-10-16(20-2)14(17(11-13)21-3)9-8-12-6-4-5-7-15(12)18/h4-7,10-11H,18H2,1-3H3. The van der Waals surface area contributed by atoms with Crippen molar-refractivity contribution in [2.24, 2.45) is 0 Å². The first-order chi connectivity index (χ1) is 10.2. The fraction of sp³-hybridized carbons (Fsp3) is 0.176. The molecule has 0 aliphatic rings. The van der Waals surface area contributed by atoms with Crippen LogP contribution < -0.4 is 19.9 Å². The summed E-state index contributed by atoms with van der Waals surface area (Å²) in [6.07, 6.45) is 0. The molecule has 0 spiro atoms. The molecule has 2 N–H and O–H groups in total. The van der Waals surface area contributed by atoms with Crippen molar-refractivity contribution in [3.05, 3.63) is 47.5 Å². The molecule has 0 heterocycles. The van der Waals surface area contributed by atoms with Crippen LogP contribution in [0.5, 0.6) is 17.2 Å². The van der Waals surface area contributed by atoms with Gasteiger partial charge >= 0.3 is 0 Å². The molecule has 0 aromatic heterocycles. The summed E-state index contributed by atoms with van der Waals surface area (Å²) in [5, 5.41) is 0. The summed E-state index contributed by atoms with van der Waals surface area (Å²) in [5.74, 6) is 7.93. The number of anilines is 1. The van der Waals surface area contributed by atoms with Crippen molar-refractivity contribution < 1.29 is 14.2 Å². The molecule has 0 aliphatic heterocycles. The second-order valence-corrected chi connectivity index (χ2v) is 4.24. The van der Waals surface area contributed by atoms with Crippen LogP contribution in [0.3, 0.4) is 0 Å². The summed E-state index contributed by atoms with van der Waals surface area (Å²) in [6, 6.07) is 11.0. The van der Waals surface area contributed by atoms with E-state index >= 15 is 0 Å². The number of rotatable bonds is 3. The first-order valence-electron chi connectivity index (χ1n) is 6.36. The highest BCUT2D eigenvalue weighted by Gasteiger charge is 2.11. The van der Waals surface area contributed by atoms with Crippen molar-refractivity contribution in [2.75, 3.05) is 27.1 Å². The molecule has 0 unspecified atom stereocenters. The zero-order chi connectivity index (χ0) is 15.2. The van der Waals surface area contributed by atoms with Crippen molar-refractivity contribution in [3.63, 3.8) is 0 Å². The van der Waals surface area contributed by atoms with E-state index in [-0.39, 0.29) is 0 Å². The highest BCUT2D eigenvalue weighted by molar-refractivity contribution is 5.63. The number of hydrogen-bond donors (Lipinski definition) is 1. The van der Waals surface area contributed by atoms with Crippen molar-refractivity contribution in [1.29, 1.82) is 0 Å². The molecule has 0 saturated heterocycles. The maximum atomic E-state index is 5.89. The van der Waals surface area contributed by atoms with Gasteiger partial charge in [-0.2, -0.15) is 0 Å². The summed E-state index contributed by atoms with van der Waals surface area (Å²) in [6.45, 7) is 0. The molecule has 2 aromatic carbocycles. The first-order valence-corrected chi connectivity index (χ1v) is 6.36. The Morgan fingerprint density at radius 1 is 0.857 bits per heavy atom. The number of para-hydroxylation sites is 1. The lowest BCUT2D eigenvalue weighted by Crippen LogP contribution is -1.95. The monoisotopic (exact) mass is 283 g/mol. The summed E-state index contributed by atoms with van der Waals surface area (Å²) in [7, 11) is 4.75. The number of nitrogens with two attached hydrogens (primary N) is 1. The van der Waals surface area contributed by atoms with Gasteiger partial charge in [0.1, 0.15) is 22.8 Å². The number of methoxy groups -OCH3 is 3. The predicted molar refractivity (Wildman–Crippen MR) is 82.9 cm³/mol. The van der Waals surface area contributed by atoms with Gasteiger partial charge in [-0.05, 0) is 12.1 Å². The molecule has 4 heteroatoms. The van der Waals surface area contributed by atoms with Crippen molar-refractivity contribution >= 4 is 5.69 Å². The molecule has 0 bridgehead atoms. The SMILES string of the molecule is COc1cc(OC)c(C#Cc2ccccc2N)c(OC)c1. The Labute approximate surface area is 124 Å². The van der Waals surface area contributed by atoms with Crippen LogP contribution in [0.4, 0.5) is 5.69 Å². The van der Waals surface area contributed by atoms with Gasteiger partial charge in [0, 0.05) is 23.4 Å². The molecule has 0 amide bonds. The molecule has 0 fully saturated rings. The normalized spacial score (nSPS) is 9.48. The minimum absolute atomic E-state index is 0.591. The van der Waals surface area contributed by atoms with Gasteiger partial charge in [0.05, 0.1) is 21.3 Å². The predicted octanol–water partition coefficient (Wildman–Crippen LogP) is 2.69.